The number of benzene rings is 2. The second-order valence-electron chi connectivity index (χ2n) is 7.01. The molecule has 3 rings (SSSR count). The molecule has 160 valence electrons. The van der Waals surface area contributed by atoms with Crippen LogP contribution in [0.15, 0.2) is 53.4 Å². The molecule has 1 N–H and O–H groups in total. The Hall–Kier alpha value is -2.42. The zero-order valence-corrected chi connectivity index (χ0v) is 18.1. The van der Waals surface area contributed by atoms with Gasteiger partial charge in [-0.15, -0.1) is 0 Å². The van der Waals surface area contributed by atoms with Crippen molar-refractivity contribution >= 4 is 39.2 Å². The van der Waals surface area contributed by atoms with Crippen LogP contribution in [0, 0.1) is 0 Å². The van der Waals surface area contributed by atoms with Gasteiger partial charge in [0.1, 0.15) is 4.90 Å². The van der Waals surface area contributed by atoms with Crippen LogP contribution in [-0.2, 0) is 19.6 Å². The second-order valence-corrected chi connectivity index (χ2v) is 9.33. The van der Waals surface area contributed by atoms with Gasteiger partial charge in [-0.2, -0.15) is 4.31 Å². The number of ether oxygens (including phenoxy) is 1. The number of hydrogen-bond donors (Lipinski definition) is 1. The van der Waals surface area contributed by atoms with Crippen molar-refractivity contribution < 1.29 is 22.7 Å². The summed E-state index contributed by atoms with van der Waals surface area (Å²) in [5.41, 5.74) is 0.584. The van der Waals surface area contributed by atoms with Gasteiger partial charge in [-0.3, -0.25) is 4.79 Å². The lowest BCUT2D eigenvalue weighted by Gasteiger charge is -2.26. The quantitative estimate of drug-likeness (QED) is 0.677. The van der Waals surface area contributed by atoms with E-state index in [2.05, 4.69) is 5.32 Å². The van der Waals surface area contributed by atoms with Crippen LogP contribution in [0.25, 0.3) is 0 Å². The Bertz CT molecular complexity index is 1020. The molecule has 1 heterocycles. The maximum absolute atomic E-state index is 12.9. The van der Waals surface area contributed by atoms with E-state index in [0.717, 1.165) is 19.3 Å². The molecular formula is C21H23ClN2O5S. The average Bonchev–Trinajstić information content (AvgIpc) is 2.75. The van der Waals surface area contributed by atoms with Crippen molar-refractivity contribution in [2.75, 3.05) is 18.4 Å². The molecule has 2 aromatic rings. The fraction of sp³-hybridized carbons (Fsp3) is 0.333. The van der Waals surface area contributed by atoms with Crippen molar-refractivity contribution in [2.45, 2.75) is 37.2 Å². The standard InChI is InChI=1S/C21H23ClN2O5S/c1-15(20(25)23-17-8-4-2-5-9-17)29-21(26)16-10-11-18(22)19(14-16)30(27,28)24-12-6-3-7-13-24/h2,4-5,8-11,14-15H,3,6-7,12-13H2,1H3,(H,23,25)/t15-/m0/s1. The number of rotatable bonds is 6. The molecule has 0 unspecified atom stereocenters. The fourth-order valence-corrected chi connectivity index (χ4v) is 5.14. The summed E-state index contributed by atoms with van der Waals surface area (Å²) in [6.07, 6.45) is 1.48. The second kappa shape index (κ2) is 9.59. The highest BCUT2D eigenvalue weighted by Crippen LogP contribution is 2.28. The highest BCUT2D eigenvalue weighted by atomic mass is 35.5. The Morgan fingerprint density at radius 2 is 1.73 bits per heavy atom. The number of anilines is 1. The predicted molar refractivity (Wildman–Crippen MR) is 114 cm³/mol. The van der Waals surface area contributed by atoms with Crippen LogP contribution in [0.1, 0.15) is 36.5 Å². The van der Waals surface area contributed by atoms with E-state index in [1.54, 1.807) is 24.3 Å². The monoisotopic (exact) mass is 450 g/mol. The van der Waals surface area contributed by atoms with E-state index < -0.39 is 28.0 Å². The first-order valence-corrected chi connectivity index (χ1v) is 11.5. The molecule has 0 aliphatic carbocycles. The highest BCUT2D eigenvalue weighted by Gasteiger charge is 2.29. The number of carbonyl (C=O) groups excluding carboxylic acids is 2. The smallest absolute Gasteiger partial charge is 0.338 e. The van der Waals surface area contributed by atoms with E-state index in [-0.39, 0.29) is 15.5 Å². The molecule has 0 radical (unpaired) electrons. The summed E-state index contributed by atoms with van der Waals surface area (Å²) in [6, 6.07) is 12.7. The van der Waals surface area contributed by atoms with Crippen LogP contribution >= 0.6 is 11.6 Å². The number of esters is 1. The molecule has 0 bridgehead atoms. The molecule has 1 saturated heterocycles. The Balaban J connectivity index is 1.73. The number of nitrogens with one attached hydrogen (secondary N) is 1. The van der Waals surface area contributed by atoms with Gasteiger partial charge >= 0.3 is 5.97 Å². The molecule has 2 aromatic carbocycles. The van der Waals surface area contributed by atoms with Gasteiger partial charge in [0.05, 0.1) is 10.6 Å². The van der Waals surface area contributed by atoms with Crippen molar-refractivity contribution in [1.29, 1.82) is 0 Å². The maximum atomic E-state index is 12.9. The van der Waals surface area contributed by atoms with Crippen LogP contribution in [0.5, 0.6) is 0 Å². The zero-order chi connectivity index (χ0) is 21.7. The normalized spacial score (nSPS) is 15.9. The van der Waals surface area contributed by atoms with Gasteiger partial charge in [0.15, 0.2) is 6.10 Å². The molecule has 1 aliphatic heterocycles. The van der Waals surface area contributed by atoms with Crippen molar-refractivity contribution in [3.63, 3.8) is 0 Å². The van der Waals surface area contributed by atoms with Crippen molar-refractivity contribution in [2.24, 2.45) is 0 Å². The summed E-state index contributed by atoms with van der Waals surface area (Å²) >= 11 is 6.13. The molecule has 9 heteroatoms. The van der Waals surface area contributed by atoms with Crippen molar-refractivity contribution in [1.82, 2.24) is 4.31 Å². The highest BCUT2D eigenvalue weighted by molar-refractivity contribution is 7.89. The minimum atomic E-state index is -3.82. The van der Waals surface area contributed by atoms with Crippen LogP contribution in [0.2, 0.25) is 5.02 Å². The maximum Gasteiger partial charge on any atom is 0.338 e. The number of amides is 1. The van der Waals surface area contributed by atoms with Gasteiger partial charge in [0, 0.05) is 18.8 Å². The van der Waals surface area contributed by atoms with E-state index >= 15 is 0 Å². The topological polar surface area (TPSA) is 92.8 Å². The lowest BCUT2D eigenvalue weighted by molar-refractivity contribution is -0.123. The van der Waals surface area contributed by atoms with E-state index in [1.807, 2.05) is 6.07 Å². The molecular weight excluding hydrogens is 428 g/mol. The Labute approximate surface area is 181 Å². The van der Waals surface area contributed by atoms with Gasteiger partial charge in [0.25, 0.3) is 5.91 Å². The Morgan fingerprint density at radius 3 is 2.40 bits per heavy atom. The van der Waals surface area contributed by atoms with E-state index in [4.69, 9.17) is 16.3 Å². The first kappa shape index (κ1) is 22.3. The molecule has 7 nitrogen and oxygen atoms in total. The van der Waals surface area contributed by atoms with Crippen LogP contribution < -0.4 is 5.32 Å². The lowest BCUT2D eigenvalue weighted by Crippen LogP contribution is -2.36. The fourth-order valence-electron chi connectivity index (χ4n) is 3.12. The minimum absolute atomic E-state index is 0.00865. The van der Waals surface area contributed by atoms with Crippen LogP contribution in [0.3, 0.4) is 0 Å². The summed E-state index contributed by atoms with van der Waals surface area (Å²) in [4.78, 5) is 24.6. The molecule has 1 aliphatic rings. The van der Waals surface area contributed by atoms with E-state index in [9.17, 15) is 18.0 Å². The molecule has 0 spiro atoms. The van der Waals surface area contributed by atoms with E-state index in [0.29, 0.717) is 18.8 Å². The number of carbonyl (C=O) groups is 2. The summed E-state index contributed by atoms with van der Waals surface area (Å²) in [5, 5.41) is 2.68. The third-order valence-electron chi connectivity index (χ3n) is 4.79. The largest absolute Gasteiger partial charge is 0.449 e. The van der Waals surface area contributed by atoms with Crippen LogP contribution in [0.4, 0.5) is 5.69 Å². The molecule has 1 fully saturated rings. The first-order valence-electron chi connectivity index (χ1n) is 9.65. The van der Waals surface area contributed by atoms with Crippen molar-refractivity contribution in [3.05, 3.63) is 59.1 Å². The Morgan fingerprint density at radius 1 is 1.07 bits per heavy atom. The molecule has 1 atom stereocenters. The number of sulfonamides is 1. The summed E-state index contributed by atoms with van der Waals surface area (Å²) in [5.74, 6) is -1.30. The number of para-hydroxylation sites is 1. The van der Waals surface area contributed by atoms with Crippen LogP contribution in [-0.4, -0.2) is 43.8 Å². The molecule has 30 heavy (non-hydrogen) atoms. The van der Waals surface area contributed by atoms with Crippen molar-refractivity contribution in [3.8, 4) is 0 Å². The van der Waals surface area contributed by atoms with Gasteiger partial charge < -0.3 is 10.1 Å². The zero-order valence-electron chi connectivity index (χ0n) is 16.5. The summed E-state index contributed by atoms with van der Waals surface area (Å²) in [7, 11) is -3.82. The molecule has 0 aromatic heterocycles. The first-order chi connectivity index (χ1) is 14.3. The summed E-state index contributed by atoms with van der Waals surface area (Å²) in [6.45, 7) is 2.28. The minimum Gasteiger partial charge on any atom is -0.449 e. The van der Waals surface area contributed by atoms with Gasteiger partial charge in [0.2, 0.25) is 10.0 Å². The number of halogens is 1. The number of piperidine rings is 1. The van der Waals surface area contributed by atoms with Gasteiger partial charge in [-0.25, -0.2) is 13.2 Å². The average molecular weight is 451 g/mol. The molecule has 0 saturated carbocycles. The summed E-state index contributed by atoms with van der Waals surface area (Å²) < 4.78 is 32.5. The molecule has 1 amide bonds. The Kier molecular flexibility index (Phi) is 7.12. The SMILES string of the molecule is C[C@H](OC(=O)c1ccc(Cl)c(S(=O)(=O)N2CCCCC2)c1)C(=O)Nc1ccccc1. The third-order valence-corrected chi connectivity index (χ3v) is 7.17. The number of hydrogen-bond acceptors (Lipinski definition) is 5. The number of nitrogens with zero attached hydrogens (tertiary/aromatic N) is 1. The predicted octanol–water partition coefficient (Wildman–Crippen LogP) is 3.70. The third kappa shape index (κ3) is 5.19. The lowest BCUT2D eigenvalue weighted by atomic mass is 10.2. The van der Waals surface area contributed by atoms with E-state index in [1.165, 1.54) is 29.4 Å². The van der Waals surface area contributed by atoms with Gasteiger partial charge in [-0.1, -0.05) is 36.2 Å². The van der Waals surface area contributed by atoms with Gasteiger partial charge in [-0.05, 0) is 50.1 Å².